The van der Waals surface area contributed by atoms with E-state index in [2.05, 4.69) is 39.2 Å². The van der Waals surface area contributed by atoms with Crippen LogP contribution >= 0.6 is 15.9 Å². The Balaban J connectivity index is 2.88. The first-order valence-electron chi connectivity index (χ1n) is 5.41. The van der Waals surface area contributed by atoms with Crippen molar-refractivity contribution in [3.8, 4) is 0 Å². The van der Waals surface area contributed by atoms with Crippen molar-refractivity contribution in [3.63, 3.8) is 0 Å². The van der Waals surface area contributed by atoms with Crippen molar-refractivity contribution < 1.29 is 0 Å². The Bertz CT molecular complexity index is 386. The minimum Gasteiger partial charge on any atom is -0.370 e. The van der Waals surface area contributed by atoms with Crippen LogP contribution in [0.3, 0.4) is 0 Å². The maximum absolute atomic E-state index is 5.80. The fraction of sp³-hybridized carbons (Fsp3) is 0.417. The second-order valence-electron chi connectivity index (χ2n) is 3.89. The van der Waals surface area contributed by atoms with E-state index < -0.39 is 0 Å². The van der Waals surface area contributed by atoms with E-state index in [-0.39, 0.29) is 6.04 Å². The van der Waals surface area contributed by atoms with Crippen LogP contribution in [0, 0.1) is 0 Å². The quantitative estimate of drug-likeness (QED) is 0.661. The molecule has 0 aliphatic rings. The molecule has 0 aliphatic heterocycles. The van der Waals surface area contributed by atoms with Crippen LogP contribution in [0.1, 0.15) is 26.3 Å². The number of hydrogen-bond acceptors (Lipinski definition) is 1. The average Bonchev–Trinajstić information content (AvgIpc) is 2.19. The zero-order valence-corrected chi connectivity index (χ0v) is 11.5. The van der Waals surface area contributed by atoms with Gasteiger partial charge in [0, 0.05) is 16.2 Å². The van der Waals surface area contributed by atoms with Gasteiger partial charge >= 0.3 is 0 Å². The monoisotopic (exact) mass is 283 g/mol. The van der Waals surface area contributed by atoms with E-state index in [1.165, 1.54) is 5.56 Å². The second kappa shape index (κ2) is 5.89. The Morgan fingerprint density at radius 2 is 2.19 bits per heavy atom. The normalized spacial score (nSPS) is 11.9. The zero-order valence-electron chi connectivity index (χ0n) is 9.92. The average molecular weight is 284 g/mol. The third kappa shape index (κ3) is 3.85. The predicted octanol–water partition coefficient (Wildman–Crippen LogP) is 3.15. The summed E-state index contributed by atoms with van der Waals surface area (Å²) in [6, 6.07) is 6.29. The van der Waals surface area contributed by atoms with Crippen molar-refractivity contribution >= 4 is 27.6 Å². The third-order valence-corrected chi connectivity index (χ3v) is 2.60. The number of anilines is 1. The highest BCUT2D eigenvalue weighted by Gasteiger charge is 2.03. The standard InChI is InChI=1S/C12H18BrN3/c1-4-9-7-10(13)5-6-11(9)16-12(14)15-8(2)3/h5-8H,4H2,1-3H3,(H3,14,15,16). The van der Waals surface area contributed by atoms with E-state index in [1.54, 1.807) is 0 Å². The molecule has 1 aromatic carbocycles. The highest BCUT2D eigenvalue weighted by atomic mass is 79.9. The molecular formula is C12H18BrN3. The van der Waals surface area contributed by atoms with Crippen LogP contribution in [0.25, 0.3) is 0 Å². The van der Waals surface area contributed by atoms with Crippen molar-refractivity contribution in [2.45, 2.75) is 33.2 Å². The molecule has 1 rings (SSSR count). The molecule has 0 amide bonds. The van der Waals surface area contributed by atoms with Crippen LogP contribution in [0.4, 0.5) is 5.69 Å². The van der Waals surface area contributed by atoms with Crippen LogP contribution in [0.15, 0.2) is 27.7 Å². The molecule has 3 N–H and O–H groups in total. The molecule has 0 atom stereocenters. The first-order valence-corrected chi connectivity index (χ1v) is 6.21. The summed E-state index contributed by atoms with van der Waals surface area (Å²) in [5.74, 6) is 0.465. The summed E-state index contributed by atoms with van der Waals surface area (Å²) in [7, 11) is 0. The fourth-order valence-electron chi connectivity index (χ4n) is 1.43. The molecule has 4 heteroatoms. The smallest absolute Gasteiger partial charge is 0.193 e. The van der Waals surface area contributed by atoms with E-state index >= 15 is 0 Å². The molecule has 0 heterocycles. The Kier molecular flexibility index (Phi) is 4.80. The maximum atomic E-state index is 5.80. The van der Waals surface area contributed by atoms with Crippen LogP contribution in [-0.2, 0) is 6.42 Å². The number of hydrogen-bond donors (Lipinski definition) is 2. The Morgan fingerprint density at radius 3 is 2.75 bits per heavy atom. The molecular weight excluding hydrogens is 266 g/mol. The Morgan fingerprint density at radius 1 is 1.50 bits per heavy atom. The minimum atomic E-state index is 0.202. The first kappa shape index (κ1) is 13.0. The van der Waals surface area contributed by atoms with E-state index in [9.17, 15) is 0 Å². The Hall–Kier alpha value is -1.03. The summed E-state index contributed by atoms with van der Waals surface area (Å²) >= 11 is 3.45. The molecule has 0 bridgehead atoms. The summed E-state index contributed by atoms with van der Waals surface area (Å²) in [4.78, 5) is 4.24. The molecule has 0 radical (unpaired) electrons. The summed E-state index contributed by atoms with van der Waals surface area (Å²) in [6.45, 7) is 6.11. The minimum absolute atomic E-state index is 0.202. The van der Waals surface area contributed by atoms with Gasteiger partial charge in [0.05, 0.1) is 0 Å². The first-order chi connectivity index (χ1) is 7.52. The van der Waals surface area contributed by atoms with Gasteiger partial charge in [0.1, 0.15) is 0 Å². The summed E-state index contributed by atoms with van der Waals surface area (Å²) in [5, 5.41) is 3.13. The van der Waals surface area contributed by atoms with Gasteiger partial charge < -0.3 is 11.1 Å². The van der Waals surface area contributed by atoms with Crippen molar-refractivity contribution in [1.29, 1.82) is 0 Å². The van der Waals surface area contributed by atoms with Gasteiger partial charge in [-0.1, -0.05) is 22.9 Å². The third-order valence-electron chi connectivity index (χ3n) is 2.11. The van der Waals surface area contributed by atoms with E-state index in [0.717, 1.165) is 16.6 Å². The fourth-order valence-corrected chi connectivity index (χ4v) is 1.83. The lowest BCUT2D eigenvalue weighted by Gasteiger charge is -2.11. The molecule has 3 nitrogen and oxygen atoms in total. The highest BCUT2D eigenvalue weighted by molar-refractivity contribution is 9.10. The lowest BCUT2D eigenvalue weighted by Crippen LogP contribution is -2.24. The Labute approximate surface area is 105 Å². The molecule has 0 saturated carbocycles. The molecule has 0 aliphatic carbocycles. The number of aryl methyl sites for hydroxylation is 1. The molecule has 88 valence electrons. The second-order valence-corrected chi connectivity index (χ2v) is 4.80. The van der Waals surface area contributed by atoms with Crippen molar-refractivity contribution in [3.05, 3.63) is 28.2 Å². The van der Waals surface area contributed by atoms with Gasteiger partial charge in [0.2, 0.25) is 0 Å². The van der Waals surface area contributed by atoms with E-state index in [0.29, 0.717) is 5.96 Å². The highest BCUT2D eigenvalue weighted by Crippen LogP contribution is 2.21. The van der Waals surface area contributed by atoms with Gasteiger partial charge in [0.25, 0.3) is 0 Å². The summed E-state index contributed by atoms with van der Waals surface area (Å²) in [5.41, 5.74) is 8.04. The number of halogens is 1. The van der Waals surface area contributed by atoms with Crippen LogP contribution in [0.5, 0.6) is 0 Å². The number of aliphatic imine (C=N–C) groups is 1. The molecule has 0 fully saturated rings. The molecule has 0 unspecified atom stereocenters. The van der Waals surface area contributed by atoms with Gasteiger partial charge in [-0.15, -0.1) is 0 Å². The number of guanidine groups is 1. The van der Waals surface area contributed by atoms with Gasteiger partial charge in [-0.3, -0.25) is 4.99 Å². The number of benzene rings is 1. The molecule has 0 spiro atoms. The van der Waals surface area contributed by atoms with Crippen molar-refractivity contribution in [2.75, 3.05) is 5.32 Å². The summed E-state index contributed by atoms with van der Waals surface area (Å²) < 4.78 is 1.08. The zero-order chi connectivity index (χ0) is 12.1. The van der Waals surface area contributed by atoms with Gasteiger partial charge in [-0.25, -0.2) is 0 Å². The van der Waals surface area contributed by atoms with Crippen LogP contribution in [-0.4, -0.2) is 12.0 Å². The maximum Gasteiger partial charge on any atom is 0.193 e. The van der Waals surface area contributed by atoms with E-state index in [1.807, 2.05) is 26.0 Å². The lowest BCUT2D eigenvalue weighted by molar-refractivity contribution is 0.833. The summed E-state index contributed by atoms with van der Waals surface area (Å²) in [6.07, 6.45) is 0.955. The van der Waals surface area contributed by atoms with Crippen LogP contribution in [0.2, 0.25) is 0 Å². The SMILES string of the molecule is CCc1cc(Br)ccc1NC(N)=NC(C)C. The molecule has 0 saturated heterocycles. The van der Waals surface area contributed by atoms with Crippen molar-refractivity contribution in [2.24, 2.45) is 10.7 Å². The van der Waals surface area contributed by atoms with Gasteiger partial charge in [-0.2, -0.15) is 0 Å². The number of nitrogens with zero attached hydrogens (tertiary/aromatic N) is 1. The predicted molar refractivity (Wildman–Crippen MR) is 73.9 cm³/mol. The van der Waals surface area contributed by atoms with Gasteiger partial charge in [0.15, 0.2) is 5.96 Å². The van der Waals surface area contributed by atoms with Crippen LogP contribution < -0.4 is 11.1 Å². The molecule has 16 heavy (non-hydrogen) atoms. The topological polar surface area (TPSA) is 50.4 Å². The van der Waals surface area contributed by atoms with Crippen molar-refractivity contribution in [1.82, 2.24) is 0 Å². The molecule has 1 aromatic rings. The number of nitrogens with one attached hydrogen (secondary N) is 1. The largest absolute Gasteiger partial charge is 0.370 e. The van der Waals surface area contributed by atoms with E-state index in [4.69, 9.17) is 5.73 Å². The number of nitrogens with two attached hydrogens (primary N) is 1. The number of rotatable bonds is 3. The van der Waals surface area contributed by atoms with Gasteiger partial charge in [-0.05, 0) is 44.0 Å². The lowest BCUT2D eigenvalue weighted by atomic mass is 10.1. The molecule has 0 aromatic heterocycles.